The van der Waals surface area contributed by atoms with E-state index in [0.717, 1.165) is 6.07 Å². The minimum atomic E-state index is -3.40. The summed E-state index contributed by atoms with van der Waals surface area (Å²) in [4.78, 5) is 0. The van der Waals surface area contributed by atoms with Crippen molar-refractivity contribution in [3.63, 3.8) is 0 Å². The Hall–Kier alpha value is -2.08. The standard InChI is InChI=1S/C19H20F4O2/c1-4-13(5-6-20)17-16(10-19(22,23)18(17)24)12(3)25-15-8-11(2)7-14(21)9-15/h4,7-9,18,24H,3,5-6,10H2,1-2H3/b13-4-/t18-/m0/s1. The molecule has 0 unspecified atom stereocenters. The summed E-state index contributed by atoms with van der Waals surface area (Å²) < 4.78 is 59.7. The van der Waals surface area contributed by atoms with Crippen molar-refractivity contribution in [1.29, 1.82) is 0 Å². The molecule has 6 heteroatoms. The molecule has 0 amide bonds. The third-order valence-corrected chi connectivity index (χ3v) is 4.06. The SMILES string of the molecule is C=C(Oc1cc(C)cc(F)c1)C1=C(/C(=C\C)CCF)[C@H](O)C(F)(F)C1. The van der Waals surface area contributed by atoms with E-state index in [4.69, 9.17) is 4.74 Å². The maximum Gasteiger partial charge on any atom is 0.281 e. The Labute approximate surface area is 144 Å². The van der Waals surface area contributed by atoms with Crippen molar-refractivity contribution in [2.75, 3.05) is 6.67 Å². The predicted molar refractivity (Wildman–Crippen MR) is 87.9 cm³/mol. The summed E-state index contributed by atoms with van der Waals surface area (Å²) >= 11 is 0. The van der Waals surface area contributed by atoms with E-state index in [2.05, 4.69) is 6.58 Å². The molecule has 1 aliphatic carbocycles. The number of benzene rings is 1. The van der Waals surface area contributed by atoms with Crippen molar-refractivity contribution in [2.24, 2.45) is 0 Å². The van der Waals surface area contributed by atoms with Gasteiger partial charge < -0.3 is 9.84 Å². The van der Waals surface area contributed by atoms with Crippen LogP contribution in [0.15, 0.2) is 53.3 Å². The molecule has 25 heavy (non-hydrogen) atoms. The van der Waals surface area contributed by atoms with E-state index in [1.807, 2.05) is 0 Å². The van der Waals surface area contributed by atoms with Crippen molar-refractivity contribution in [3.05, 3.63) is 64.7 Å². The van der Waals surface area contributed by atoms with Gasteiger partial charge in [-0.05, 0) is 42.7 Å². The minimum absolute atomic E-state index is 0.0148. The highest BCUT2D eigenvalue weighted by Crippen LogP contribution is 2.45. The van der Waals surface area contributed by atoms with E-state index in [-0.39, 0.29) is 34.6 Å². The first-order valence-corrected chi connectivity index (χ1v) is 7.84. The second-order valence-corrected chi connectivity index (χ2v) is 5.97. The van der Waals surface area contributed by atoms with Crippen LogP contribution in [0.4, 0.5) is 17.6 Å². The third kappa shape index (κ3) is 4.12. The molecular formula is C19H20F4O2. The van der Waals surface area contributed by atoms with Gasteiger partial charge in [-0.2, -0.15) is 0 Å². The van der Waals surface area contributed by atoms with Gasteiger partial charge >= 0.3 is 0 Å². The molecule has 0 spiro atoms. The number of halogens is 4. The van der Waals surface area contributed by atoms with Crippen LogP contribution in [-0.2, 0) is 0 Å². The van der Waals surface area contributed by atoms with E-state index < -0.39 is 30.9 Å². The highest BCUT2D eigenvalue weighted by molar-refractivity contribution is 5.51. The van der Waals surface area contributed by atoms with Crippen LogP contribution in [0.25, 0.3) is 0 Å². The lowest BCUT2D eigenvalue weighted by Crippen LogP contribution is -2.30. The molecule has 1 aliphatic rings. The molecule has 1 aromatic rings. The van der Waals surface area contributed by atoms with E-state index in [1.54, 1.807) is 13.8 Å². The Balaban J connectivity index is 2.40. The lowest BCUT2D eigenvalue weighted by molar-refractivity contribution is -0.0779. The number of ether oxygens (including phenoxy) is 1. The Morgan fingerprint density at radius 3 is 2.64 bits per heavy atom. The summed E-state index contributed by atoms with van der Waals surface area (Å²) in [6, 6.07) is 3.95. The van der Waals surface area contributed by atoms with E-state index in [9.17, 15) is 22.7 Å². The molecule has 0 saturated heterocycles. The number of rotatable bonds is 6. The number of hydrogen-bond donors (Lipinski definition) is 1. The van der Waals surface area contributed by atoms with Crippen LogP contribution in [0.2, 0.25) is 0 Å². The monoisotopic (exact) mass is 356 g/mol. The first kappa shape index (κ1) is 19.2. The van der Waals surface area contributed by atoms with Gasteiger partial charge in [0, 0.05) is 24.5 Å². The van der Waals surface area contributed by atoms with Gasteiger partial charge in [-0.1, -0.05) is 12.7 Å². The summed E-state index contributed by atoms with van der Waals surface area (Å²) in [5.41, 5.74) is 0.826. The van der Waals surface area contributed by atoms with Crippen LogP contribution in [-0.4, -0.2) is 23.8 Å². The van der Waals surface area contributed by atoms with Crippen LogP contribution < -0.4 is 4.74 Å². The Bertz CT molecular complexity index is 715. The molecular weight excluding hydrogens is 336 g/mol. The topological polar surface area (TPSA) is 29.5 Å². The summed E-state index contributed by atoms with van der Waals surface area (Å²) in [6.07, 6.45) is -1.45. The number of alkyl halides is 3. The molecule has 0 radical (unpaired) electrons. The van der Waals surface area contributed by atoms with Crippen LogP contribution in [0.1, 0.15) is 25.3 Å². The quantitative estimate of drug-likeness (QED) is 0.572. The average Bonchev–Trinajstić information content (AvgIpc) is 2.75. The zero-order valence-electron chi connectivity index (χ0n) is 14.1. The summed E-state index contributed by atoms with van der Waals surface area (Å²) in [5, 5.41) is 9.99. The van der Waals surface area contributed by atoms with Crippen molar-refractivity contribution < 1.29 is 27.4 Å². The first-order chi connectivity index (χ1) is 11.7. The third-order valence-electron chi connectivity index (χ3n) is 4.06. The molecule has 0 fully saturated rings. The highest BCUT2D eigenvalue weighted by atomic mass is 19.3. The number of aliphatic hydroxyl groups is 1. The van der Waals surface area contributed by atoms with Gasteiger partial charge in [-0.3, -0.25) is 4.39 Å². The fourth-order valence-electron chi connectivity index (χ4n) is 2.92. The second kappa shape index (κ2) is 7.44. The van der Waals surface area contributed by atoms with Gasteiger partial charge in [-0.25, -0.2) is 13.2 Å². The molecule has 136 valence electrons. The van der Waals surface area contributed by atoms with Crippen molar-refractivity contribution in [3.8, 4) is 5.75 Å². The molecule has 0 aliphatic heterocycles. The smallest absolute Gasteiger partial charge is 0.281 e. The van der Waals surface area contributed by atoms with Gasteiger partial charge in [-0.15, -0.1) is 0 Å². The molecule has 1 N–H and O–H groups in total. The molecule has 1 atom stereocenters. The van der Waals surface area contributed by atoms with Gasteiger partial charge in [0.1, 0.15) is 23.4 Å². The van der Waals surface area contributed by atoms with Gasteiger partial charge in [0.15, 0.2) is 0 Å². The van der Waals surface area contributed by atoms with Crippen LogP contribution in [0, 0.1) is 12.7 Å². The number of allylic oxidation sites excluding steroid dienone is 2. The molecule has 2 rings (SSSR count). The minimum Gasteiger partial charge on any atom is -0.458 e. The van der Waals surface area contributed by atoms with Gasteiger partial charge in [0.05, 0.1) is 6.67 Å². The van der Waals surface area contributed by atoms with Crippen LogP contribution in [0.3, 0.4) is 0 Å². The number of aryl methyl sites for hydroxylation is 1. The van der Waals surface area contributed by atoms with E-state index >= 15 is 0 Å². The molecule has 0 bridgehead atoms. The molecule has 2 nitrogen and oxygen atoms in total. The average molecular weight is 356 g/mol. The van der Waals surface area contributed by atoms with Crippen LogP contribution >= 0.6 is 0 Å². The summed E-state index contributed by atoms with van der Waals surface area (Å²) in [5.74, 6) is -3.93. The van der Waals surface area contributed by atoms with Gasteiger partial charge in [0.25, 0.3) is 5.92 Å². The molecule has 0 heterocycles. The fraction of sp³-hybridized carbons (Fsp3) is 0.368. The zero-order chi connectivity index (χ0) is 18.8. The van der Waals surface area contributed by atoms with Crippen molar-refractivity contribution in [2.45, 2.75) is 38.7 Å². The normalized spacial score (nSPS) is 20.1. The lowest BCUT2D eigenvalue weighted by atomic mass is 9.97. The Kier molecular flexibility index (Phi) is 5.72. The van der Waals surface area contributed by atoms with Crippen molar-refractivity contribution >= 4 is 0 Å². The largest absolute Gasteiger partial charge is 0.458 e. The number of aliphatic hydroxyl groups excluding tert-OH is 1. The van der Waals surface area contributed by atoms with Crippen molar-refractivity contribution in [1.82, 2.24) is 0 Å². The highest BCUT2D eigenvalue weighted by Gasteiger charge is 2.49. The molecule has 0 saturated carbocycles. The predicted octanol–water partition coefficient (Wildman–Crippen LogP) is 5.03. The maximum atomic E-state index is 14.0. The Morgan fingerprint density at radius 2 is 2.08 bits per heavy atom. The second-order valence-electron chi connectivity index (χ2n) is 5.97. The van der Waals surface area contributed by atoms with E-state index in [0.29, 0.717) is 5.56 Å². The number of hydrogen-bond acceptors (Lipinski definition) is 2. The fourth-order valence-corrected chi connectivity index (χ4v) is 2.92. The zero-order valence-corrected chi connectivity index (χ0v) is 14.1. The summed E-state index contributed by atoms with van der Waals surface area (Å²) in [7, 11) is 0. The first-order valence-electron chi connectivity index (χ1n) is 7.84. The maximum absolute atomic E-state index is 14.0. The Morgan fingerprint density at radius 1 is 1.40 bits per heavy atom. The molecule has 0 aromatic heterocycles. The van der Waals surface area contributed by atoms with Gasteiger partial charge in [0.2, 0.25) is 0 Å². The van der Waals surface area contributed by atoms with E-state index in [1.165, 1.54) is 18.2 Å². The lowest BCUT2D eigenvalue weighted by Gasteiger charge is -2.18. The summed E-state index contributed by atoms with van der Waals surface area (Å²) in [6.45, 7) is 6.15. The van der Waals surface area contributed by atoms with Crippen LogP contribution in [0.5, 0.6) is 5.75 Å². The molecule has 1 aromatic carbocycles.